The first-order valence-electron chi connectivity index (χ1n) is 8.00. The Balaban J connectivity index is 2.30. The van der Waals surface area contributed by atoms with Crippen LogP contribution in [0.4, 0.5) is 11.4 Å². The van der Waals surface area contributed by atoms with Crippen molar-refractivity contribution in [3.05, 3.63) is 53.1 Å². The monoisotopic (exact) mass is 410 g/mol. The lowest BCUT2D eigenvalue weighted by molar-refractivity contribution is -0.114. The average molecular weight is 411 g/mol. The lowest BCUT2D eigenvalue weighted by atomic mass is 10.2. The van der Waals surface area contributed by atoms with Gasteiger partial charge in [0.05, 0.1) is 27.8 Å². The van der Waals surface area contributed by atoms with Gasteiger partial charge >= 0.3 is 5.97 Å². The van der Waals surface area contributed by atoms with Gasteiger partial charge < -0.3 is 10.1 Å². The Hall–Kier alpha value is -2.58. The summed E-state index contributed by atoms with van der Waals surface area (Å²) >= 11 is 6.11. The molecule has 1 N–H and O–H groups in total. The van der Waals surface area contributed by atoms with Crippen molar-refractivity contribution >= 4 is 44.9 Å². The second-order valence-electron chi connectivity index (χ2n) is 5.56. The minimum Gasteiger partial charge on any atom is -0.462 e. The van der Waals surface area contributed by atoms with E-state index in [4.69, 9.17) is 16.3 Å². The molecule has 0 aliphatic carbocycles. The quantitative estimate of drug-likeness (QED) is 0.737. The standard InChI is InChI=1S/C18H19ClN2O5S/c1-4-26-18(23)16-10-7-14(11-17(16)19)21(3)27(24,25)15-8-5-13(6-9-15)20-12(2)22/h5-11H,4H2,1-3H3,(H,20,22). The Morgan fingerprint density at radius 1 is 1.15 bits per heavy atom. The number of nitrogens with one attached hydrogen (secondary N) is 1. The second kappa shape index (κ2) is 8.41. The maximum atomic E-state index is 12.8. The van der Waals surface area contributed by atoms with E-state index < -0.39 is 16.0 Å². The fraction of sp³-hybridized carbons (Fsp3) is 0.222. The van der Waals surface area contributed by atoms with E-state index in [1.54, 1.807) is 6.92 Å². The van der Waals surface area contributed by atoms with Crippen LogP contribution in [-0.2, 0) is 19.6 Å². The fourth-order valence-electron chi connectivity index (χ4n) is 2.28. The van der Waals surface area contributed by atoms with Gasteiger partial charge in [0.1, 0.15) is 0 Å². The molecule has 0 aromatic heterocycles. The second-order valence-corrected chi connectivity index (χ2v) is 7.94. The molecule has 0 aliphatic rings. The molecule has 0 atom stereocenters. The first kappa shape index (κ1) is 20.7. The van der Waals surface area contributed by atoms with Gasteiger partial charge in [0.2, 0.25) is 5.91 Å². The molecule has 2 aromatic rings. The van der Waals surface area contributed by atoms with E-state index in [1.165, 1.54) is 56.4 Å². The van der Waals surface area contributed by atoms with Gasteiger partial charge in [0.15, 0.2) is 0 Å². The molecule has 0 saturated heterocycles. The van der Waals surface area contributed by atoms with Crippen LogP contribution in [0.2, 0.25) is 5.02 Å². The average Bonchev–Trinajstić information content (AvgIpc) is 2.61. The zero-order chi connectivity index (χ0) is 20.2. The lowest BCUT2D eigenvalue weighted by Crippen LogP contribution is -2.26. The molecular formula is C18H19ClN2O5S. The molecule has 1 amide bonds. The molecule has 2 rings (SSSR count). The SMILES string of the molecule is CCOC(=O)c1ccc(N(C)S(=O)(=O)c2ccc(NC(C)=O)cc2)cc1Cl. The summed E-state index contributed by atoms with van der Waals surface area (Å²) in [5, 5.41) is 2.66. The number of hydrogen-bond acceptors (Lipinski definition) is 5. The highest BCUT2D eigenvalue weighted by Crippen LogP contribution is 2.28. The Kier molecular flexibility index (Phi) is 6.45. The van der Waals surface area contributed by atoms with Crippen molar-refractivity contribution in [3.8, 4) is 0 Å². The highest BCUT2D eigenvalue weighted by Gasteiger charge is 2.23. The number of benzene rings is 2. The van der Waals surface area contributed by atoms with Crippen molar-refractivity contribution in [2.24, 2.45) is 0 Å². The maximum absolute atomic E-state index is 12.8. The first-order chi connectivity index (χ1) is 12.7. The zero-order valence-electron chi connectivity index (χ0n) is 15.0. The van der Waals surface area contributed by atoms with E-state index in [1.807, 2.05) is 0 Å². The molecule has 0 bridgehead atoms. The molecule has 7 nitrogen and oxygen atoms in total. The molecule has 9 heteroatoms. The highest BCUT2D eigenvalue weighted by atomic mass is 35.5. The van der Waals surface area contributed by atoms with Crippen LogP contribution in [0.25, 0.3) is 0 Å². The Labute approximate surface area is 162 Å². The zero-order valence-corrected chi connectivity index (χ0v) is 16.6. The summed E-state index contributed by atoms with van der Waals surface area (Å²) < 4.78 is 31.6. The van der Waals surface area contributed by atoms with Crippen molar-refractivity contribution in [3.63, 3.8) is 0 Å². The summed E-state index contributed by atoms with van der Waals surface area (Å²) in [6, 6.07) is 10.1. The topological polar surface area (TPSA) is 92.8 Å². The number of carbonyl (C=O) groups is 2. The third kappa shape index (κ3) is 4.78. The molecule has 144 valence electrons. The minimum absolute atomic E-state index is 0.0460. The number of carbonyl (C=O) groups excluding carboxylic acids is 2. The maximum Gasteiger partial charge on any atom is 0.339 e. The Morgan fingerprint density at radius 2 is 1.78 bits per heavy atom. The van der Waals surface area contributed by atoms with Crippen LogP contribution in [-0.4, -0.2) is 33.9 Å². The summed E-state index contributed by atoms with van der Waals surface area (Å²) in [5.74, 6) is -0.827. The Bertz CT molecular complexity index is 958. The van der Waals surface area contributed by atoms with Crippen molar-refractivity contribution in [2.75, 3.05) is 23.3 Å². The van der Waals surface area contributed by atoms with Gasteiger partial charge in [0.25, 0.3) is 10.0 Å². The normalized spacial score (nSPS) is 11.0. The minimum atomic E-state index is -3.85. The predicted octanol–water partition coefficient (Wildman–Crippen LogP) is 3.30. The lowest BCUT2D eigenvalue weighted by Gasteiger charge is -2.20. The summed E-state index contributed by atoms with van der Waals surface area (Å²) in [6.45, 7) is 3.25. The van der Waals surface area contributed by atoms with Crippen LogP contribution in [0.5, 0.6) is 0 Å². The van der Waals surface area contributed by atoms with Crippen LogP contribution in [0.1, 0.15) is 24.2 Å². The number of anilines is 2. The van der Waals surface area contributed by atoms with E-state index in [0.29, 0.717) is 11.4 Å². The molecule has 0 spiro atoms. The summed E-state index contributed by atoms with van der Waals surface area (Å²) in [5.41, 5.74) is 0.942. The third-order valence-electron chi connectivity index (χ3n) is 3.64. The molecule has 0 aliphatic heterocycles. The van der Waals surface area contributed by atoms with E-state index in [2.05, 4.69) is 5.32 Å². The van der Waals surface area contributed by atoms with Crippen molar-refractivity contribution in [1.82, 2.24) is 0 Å². The van der Waals surface area contributed by atoms with Crippen LogP contribution >= 0.6 is 11.6 Å². The first-order valence-corrected chi connectivity index (χ1v) is 9.82. The molecular weight excluding hydrogens is 392 g/mol. The summed E-state index contributed by atoms with van der Waals surface area (Å²) in [6.07, 6.45) is 0. The number of amides is 1. The van der Waals surface area contributed by atoms with Gasteiger partial charge in [-0.3, -0.25) is 9.10 Å². The molecule has 0 fully saturated rings. The molecule has 27 heavy (non-hydrogen) atoms. The van der Waals surface area contributed by atoms with Crippen LogP contribution in [0.3, 0.4) is 0 Å². The summed E-state index contributed by atoms with van der Waals surface area (Å²) in [4.78, 5) is 22.9. The van der Waals surface area contributed by atoms with E-state index in [9.17, 15) is 18.0 Å². The van der Waals surface area contributed by atoms with E-state index in [-0.39, 0.29) is 28.0 Å². The van der Waals surface area contributed by atoms with E-state index >= 15 is 0 Å². The molecule has 0 heterocycles. The number of ether oxygens (including phenoxy) is 1. The van der Waals surface area contributed by atoms with Crippen LogP contribution < -0.4 is 9.62 Å². The Morgan fingerprint density at radius 3 is 2.30 bits per heavy atom. The van der Waals surface area contributed by atoms with Crippen molar-refractivity contribution in [2.45, 2.75) is 18.7 Å². The van der Waals surface area contributed by atoms with Gasteiger partial charge in [-0.2, -0.15) is 0 Å². The van der Waals surface area contributed by atoms with Crippen LogP contribution in [0.15, 0.2) is 47.4 Å². The predicted molar refractivity (Wildman–Crippen MR) is 104 cm³/mol. The highest BCUT2D eigenvalue weighted by molar-refractivity contribution is 7.92. The fourth-order valence-corrected chi connectivity index (χ4v) is 3.72. The van der Waals surface area contributed by atoms with Crippen molar-refractivity contribution < 1.29 is 22.7 Å². The molecule has 0 saturated carbocycles. The van der Waals surface area contributed by atoms with Crippen molar-refractivity contribution in [1.29, 1.82) is 0 Å². The number of sulfonamides is 1. The third-order valence-corrected chi connectivity index (χ3v) is 5.76. The van der Waals surface area contributed by atoms with Gasteiger partial charge in [-0.1, -0.05) is 11.6 Å². The van der Waals surface area contributed by atoms with Gasteiger partial charge in [-0.25, -0.2) is 13.2 Å². The van der Waals surface area contributed by atoms with E-state index in [0.717, 1.165) is 4.31 Å². The molecule has 2 aromatic carbocycles. The number of rotatable bonds is 6. The molecule has 0 radical (unpaired) electrons. The van der Waals surface area contributed by atoms with Crippen LogP contribution in [0, 0.1) is 0 Å². The largest absolute Gasteiger partial charge is 0.462 e. The number of nitrogens with zero attached hydrogens (tertiary/aromatic N) is 1. The van der Waals surface area contributed by atoms with Gasteiger partial charge in [0, 0.05) is 19.7 Å². The summed E-state index contributed by atoms with van der Waals surface area (Å²) in [7, 11) is -2.47. The van der Waals surface area contributed by atoms with Gasteiger partial charge in [-0.05, 0) is 49.4 Å². The number of esters is 1. The number of hydrogen-bond donors (Lipinski definition) is 1. The smallest absolute Gasteiger partial charge is 0.339 e. The molecule has 0 unspecified atom stereocenters. The number of halogens is 1. The van der Waals surface area contributed by atoms with Gasteiger partial charge in [-0.15, -0.1) is 0 Å².